The number of aryl methyl sites for hydroxylation is 1. The lowest BCUT2D eigenvalue weighted by Gasteiger charge is -2.16. The molecule has 0 amide bonds. The minimum Gasteiger partial charge on any atom is -0.383 e. The second kappa shape index (κ2) is 5.63. The first-order valence-electron chi connectivity index (χ1n) is 5.68. The van der Waals surface area contributed by atoms with Gasteiger partial charge in [-0.05, 0) is 53.2 Å². The number of ether oxygens (including phenoxy) is 1. The lowest BCUT2D eigenvalue weighted by atomic mass is 10.2. The van der Waals surface area contributed by atoms with E-state index in [1.54, 1.807) is 7.11 Å². The Morgan fingerprint density at radius 1 is 1.62 bits per heavy atom. The molecule has 16 heavy (non-hydrogen) atoms. The molecule has 0 aromatic carbocycles. The normalized spacial score (nSPS) is 17.7. The van der Waals surface area contributed by atoms with Gasteiger partial charge in [-0.1, -0.05) is 0 Å². The topological polar surface area (TPSA) is 21.3 Å². The van der Waals surface area contributed by atoms with Crippen molar-refractivity contribution < 1.29 is 4.74 Å². The predicted octanol–water partition coefficient (Wildman–Crippen LogP) is 3.33. The van der Waals surface area contributed by atoms with Crippen LogP contribution in [0, 0.1) is 12.8 Å². The minimum absolute atomic E-state index is 0.534. The van der Waals surface area contributed by atoms with Gasteiger partial charge in [-0.25, -0.2) is 0 Å². The standard InChI is InChI=1S/C12H18BrNOS/c1-8-5-10(16-12(8)13)6-14-11(7-15-2)9-3-4-9/h5,9,11,14H,3-4,6-7H2,1-2H3. The fourth-order valence-corrected chi connectivity index (χ4v) is 3.46. The van der Waals surface area contributed by atoms with Crippen LogP contribution in [-0.2, 0) is 11.3 Å². The first kappa shape index (κ1) is 12.6. The number of hydrogen-bond acceptors (Lipinski definition) is 3. The van der Waals surface area contributed by atoms with Gasteiger partial charge in [0.2, 0.25) is 0 Å². The monoisotopic (exact) mass is 303 g/mol. The fourth-order valence-electron chi connectivity index (χ4n) is 1.88. The average molecular weight is 304 g/mol. The molecular weight excluding hydrogens is 286 g/mol. The van der Waals surface area contributed by atoms with E-state index in [0.29, 0.717) is 6.04 Å². The summed E-state index contributed by atoms with van der Waals surface area (Å²) < 4.78 is 6.50. The maximum Gasteiger partial charge on any atom is 0.0730 e. The van der Waals surface area contributed by atoms with Crippen molar-refractivity contribution in [1.82, 2.24) is 5.32 Å². The molecule has 1 aromatic rings. The first-order valence-corrected chi connectivity index (χ1v) is 7.28. The molecule has 0 saturated heterocycles. The van der Waals surface area contributed by atoms with E-state index in [9.17, 15) is 0 Å². The summed E-state index contributed by atoms with van der Waals surface area (Å²) in [5, 5.41) is 3.60. The van der Waals surface area contributed by atoms with Crippen LogP contribution in [0.3, 0.4) is 0 Å². The summed E-state index contributed by atoms with van der Waals surface area (Å²) in [6.07, 6.45) is 2.71. The zero-order valence-corrected chi connectivity index (χ0v) is 12.2. The molecule has 1 unspecified atom stereocenters. The third-order valence-corrected chi connectivity index (χ3v) is 5.12. The van der Waals surface area contributed by atoms with Crippen LogP contribution >= 0.6 is 27.3 Å². The van der Waals surface area contributed by atoms with Gasteiger partial charge < -0.3 is 10.1 Å². The number of halogens is 1. The Hall–Kier alpha value is 0.1000. The first-order chi connectivity index (χ1) is 7.70. The van der Waals surface area contributed by atoms with Crippen LogP contribution in [0.5, 0.6) is 0 Å². The molecule has 1 saturated carbocycles. The Bertz CT molecular complexity index is 329. The van der Waals surface area contributed by atoms with Crippen LogP contribution in [0.1, 0.15) is 23.3 Å². The second-order valence-electron chi connectivity index (χ2n) is 4.45. The van der Waals surface area contributed by atoms with Crippen LogP contribution in [0.4, 0.5) is 0 Å². The van der Waals surface area contributed by atoms with E-state index < -0.39 is 0 Å². The Morgan fingerprint density at radius 2 is 2.38 bits per heavy atom. The Balaban J connectivity index is 1.84. The Labute approximate surface area is 110 Å². The Kier molecular flexibility index (Phi) is 4.41. The number of thiophene rings is 1. The van der Waals surface area contributed by atoms with Gasteiger partial charge in [0, 0.05) is 24.6 Å². The number of nitrogens with one attached hydrogen (secondary N) is 1. The summed E-state index contributed by atoms with van der Waals surface area (Å²) in [6.45, 7) is 3.93. The van der Waals surface area contributed by atoms with Crippen LogP contribution in [0.2, 0.25) is 0 Å². The molecule has 90 valence electrons. The van der Waals surface area contributed by atoms with Crippen LogP contribution in [-0.4, -0.2) is 19.8 Å². The van der Waals surface area contributed by atoms with Crippen molar-refractivity contribution >= 4 is 27.3 Å². The molecule has 4 heteroatoms. The van der Waals surface area contributed by atoms with Crippen molar-refractivity contribution in [2.45, 2.75) is 32.4 Å². The number of rotatable bonds is 6. The molecule has 1 aliphatic rings. The van der Waals surface area contributed by atoms with Gasteiger partial charge in [0.1, 0.15) is 0 Å². The predicted molar refractivity (Wildman–Crippen MR) is 72.0 cm³/mol. The molecule has 0 radical (unpaired) electrons. The summed E-state index contributed by atoms with van der Waals surface area (Å²) in [5.74, 6) is 0.837. The summed E-state index contributed by atoms with van der Waals surface area (Å²) in [7, 11) is 1.78. The maximum absolute atomic E-state index is 5.25. The van der Waals surface area contributed by atoms with Gasteiger partial charge >= 0.3 is 0 Å². The second-order valence-corrected chi connectivity index (χ2v) is 6.90. The van der Waals surface area contributed by atoms with Gasteiger partial charge in [0.15, 0.2) is 0 Å². The third-order valence-electron chi connectivity index (χ3n) is 2.98. The van der Waals surface area contributed by atoms with E-state index in [1.807, 2.05) is 11.3 Å². The van der Waals surface area contributed by atoms with Crippen molar-refractivity contribution in [2.24, 2.45) is 5.92 Å². The van der Waals surface area contributed by atoms with Crippen LogP contribution in [0.15, 0.2) is 9.85 Å². The molecule has 1 aromatic heterocycles. The molecular formula is C12H18BrNOS. The minimum atomic E-state index is 0.534. The summed E-state index contributed by atoms with van der Waals surface area (Å²) in [4.78, 5) is 1.39. The van der Waals surface area contributed by atoms with Crippen molar-refractivity contribution in [3.8, 4) is 0 Å². The molecule has 1 N–H and O–H groups in total. The van der Waals surface area contributed by atoms with Crippen molar-refractivity contribution in [1.29, 1.82) is 0 Å². The van der Waals surface area contributed by atoms with E-state index in [2.05, 4.69) is 34.2 Å². The van der Waals surface area contributed by atoms with E-state index in [1.165, 1.54) is 27.1 Å². The zero-order chi connectivity index (χ0) is 11.5. The molecule has 0 spiro atoms. The van der Waals surface area contributed by atoms with Crippen molar-refractivity contribution in [3.05, 3.63) is 20.3 Å². The van der Waals surface area contributed by atoms with E-state index >= 15 is 0 Å². The molecule has 1 atom stereocenters. The van der Waals surface area contributed by atoms with E-state index in [4.69, 9.17) is 4.74 Å². The molecule has 2 nitrogen and oxygen atoms in total. The smallest absolute Gasteiger partial charge is 0.0730 e. The lowest BCUT2D eigenvalue weighted by molar-refractivity contribution is 0.157. The van der Waals surface area contributed by atoms with E-state index in [-0.39, 0.29) is 0 Å². The molecule has 1 aliphatic carbocycles. The summed E-state index contributed by atoms with van der Waals surface area (Å²) in [5.41, 5.74) is 1.33. The van der Waals surface area contributed by atoms with Crippen molar-refractivity contribution in [2.75, 3.05) is 13.7 Å². The highest BCUT2D eigenvalue weighted by atomic mass is 79.9. The SMILES string of the molecule is COCC(NCc1cc(C)c(Br)s1)C1CC1. The average Bonchev–Trinajstić information content (AvgIpc) is 3.02. The number of methoxy groups -OCH3 is 1. The zero-order valence-electron chi connectivity index (χ0n) is 9.75. The van der Waals surface area contributed by atoms with Gasteiger partial charge in [-0.15, -0.1) is 11.3 Å². The largest absolute Gasteiger partial charge is 0.383 e. The highest BCUT2D eigenvalue weighted by Gasteiger charge is 2.30. The highest BCUT2D eigenvalue weighted by Crippen LogP contribution is 2.33. The molecule has 0 aliphatic heterocycles. The quantitative estimate of drug-likeness (QED) is 0.870. The van der Waals surface area contributed by atoms with Crippen LogP contribution < -0.4 is 5.32 Å². The highest BCUT2D eigenvalue weighted by molar-refractivity contribution is 9.11. The lowest BCUT2D eigenvalue weighted by Crippen LogP contribution is -2.34. The van der Waals surface area contributed by atoms with Gasteiger partial charge in [-0.3, -0.25) is 0 Å². The molecule has 1 heterocycles. The number of hydrogen-bond donors (Lipinski definition) is 1. The Morgan fingerprint density at radius 3 is 2.88 bits per heavy atom. The summed E-state index contributed by atoms with van der Waals surface area (Å²) in [6, 6.07) is 2.78. The van der Waals surface area contributed by atoms with Gasteiger partial charge in [-0.2, -0.15) is 0 Å². The van der Waals surface area contributed by atoms with Crippen LogP contribution in [0.25, 0.3) is 0 Å². The van der Waals surface area contributed by atoms with Crippen molar-refractivity contribution in [3.63, 3.8) is 0 Å². The van der Waals surface area contributed by atoms with Gasteiger partial charge in [0.25, 0.3) is 0 Å². The molecule has 2 rings (SSSR count). The fraction of sp³-hybridized carbons (Fsp3) is 0.667. The van der Waals surface area contributed by atoms with Gasteiger partial charge in [0.05, 0.1) is 10.4 Å². The third kappa shape index (κ3) is 3.29. The maximum atomic E-state index is 5.25. The molecule has 1 fully saturated rings. The molecule has 0 bridgehead atoms. The summed E-state index contributed by atoms with van der Waals surface area (Å²) >= 11 is 5.38. The van der Waals surface area contributed by atoms with E-state index in [0.717, 1.165) is 19.1 Å².